The van der Waals surface area contributed by atoms with E-state index >= 15 is 0 Å². The summed E-state index contributed by atoms with van der Waals surface area (Å²) in [6.07, 6.45) is 4.57. The van der Waals surface area contributed by atoms with Crippen LogP contribution in [-0.4, -0.2) is 31.5 Å². The third-order valence-electron chi connectivity index (χ3n) is 3.95. The number of nitrogens with zero attached hydrogens (tertiary/aromatic N) is 3. The molecule has 0 bridgehead atoms. The monoisotopic (exact) mass is 282 g/mol. The second kappa shape index (κ2) is 4.69. The number of hydrogen-bond donors (Lipinski definition) is 3. The molecular weight excluding hydrogens is 268 g/mol. The summed E-state index contributed by atoms with van der Waals surface area (Å²) in [5.74, 6) is -0.138. The zero-order chi connectivity index (χ0) is 14.2. The van der Waals surface area contributed by atoms with Gasteiger partial charge in [0, 0.05) is 16.9 Å². The minimum Gasteiger partial charge on any atom is -0.325 e. The van der Waals surface area contributed by atoms with Crippen LogP contribution in [0.2, 0.25) is 0 Å². The number of hydrogen-bond acceptors (Lipinski definition) is 4. The summed E-state index contributed by atoms with van der Waals surface area (Å²) in [6.45, 7) is 0. The van der Waals surface area contributed by atoms with E-state index in [2.05, 4.69) is 30.9 Å². The summed E-state index contributed by atoms with van der Waals surface area (Å²) in [6, 6.07) is 5.48. The van der Waals surface area contributed by atoms with Gasteiger partial charge in [0.1, 0.15) is 11.0 Å². The smallest absolute Gasteiger partial charge is 0.232 e. The second-order valence-electron chi connectivity index (χ2n) is 5.27. The molecule has 3 N–H and O–H groups in total. The lowest BCUT2D eigenvalue weighted by Gasteiger charge is -2.21. The van der Waals surface area contributed by atoms with Gasteiger partial charge in [0.2, 0.25) is 5.91 Å². The molecule has 7 nitrogen and oxygen atoms in total. The number of fused-ring (bicyclic) bond motifs is 2. The minimum absolute atomic E-state index is 0.000180. The highest BCUT2D eigenvalue weighted by Gasteiger charge is 2.27. The van der Waals surface area contributed by atoms with Crippen LogP contribution < -0.4 is 5.32 Å². The molecule has 7 heteroatoms. The van der Waals surface area contributed by atoms with Gasteiger partial charge in [-0.25, -0.2) is 0 Å². The Morgan fingerprint density at radius 3 is 3.14 bits per heavy atom. The van der Waals surface area contributed by atoms with Gasteiger partial charge in [-0.05, 0) is 37.5 Å². The number of H-pyrrole nitrogens is 2. The van der Waals surface area contributed by atoms with Crippen molar-refractivity contribution in [3.05, 3.63) is 35.7 Å². The van der Waals surface area contributed by atoms with Gasteiger partial charge in [0.25, 0.3) is 0 Å². The topological polar surface area (TPSA) is 99.4 Å². The number of aromatic nitrogens is 5. The first-order chi connectivity index (χ1) is 10.3. The molecule has 1 aliphatic rings. The maximum atomic E-state index is 12.5. The lowest BCUT2D eigenvalue weighted by atomic mass is 9.86. The maximum Gasteiger partial charge on any atom is 0.232 e. The van der Waals surface area contributed by atoms with Crippen molar-refractivity contribution in [3.63, 3.8) is 0 Å². The molecule has 4 rings (SSSR count). The predicted octanol–water partition coefficient (Wildman–Crippen LogP) is 1.74. The van der Waals surface area contributed by atoms with E-state index in [0.29, 0.717) is 0 Å². The highest BCUT2D eigenvalue weighted by Crippen LogP contribution is 2.31. The predicted molar refractivity (Wildman–Crippen MR) is 76.8 cm³/mol. The molecule has 21 heavy (non-hydrogen) atoms. The van der Waals surface area contributed by atoms with Crippen LogP contribution in [0.4, 0.5) is 5.69 Å². The molecule has 0 aliphatic heterocycles. The lowest BCUT2D eigenvalue weighted by Crippen LogP contribution is -2.24. The molecule has 0 fully saturated rings. The molecule has 1 atom stereocenters. The van der Waals surface area contributed by atoms with Crippen molar-refractivity contribution in [1.82, 2.24) is 25.6 Å². The van der Waals surface area contributed by atoms with Crippen molar-refractivity contribution >= 4 is 22.6 Å². The number of nitrogens with one attached hydrogen (secondary N) is 3. The van der Waals surface area contributed by atoms with Crippen LogP contribution in [0.15, 0.2) is 24.4 Å². The second-order valence-corrected chi connectivity index (χ2v) is 5.27. The van der Waals surface area contributed by atoms with Crippen LogP contribution >= 0.6 is 0 Å². The van der Waals surface area contributed by atoms with E-state index in [0.717, 1.165) is 47.2 Å². The van der Waals surface area contributed by atoms with E-state index < -0.39 is 0 Å². The molecule has 3 aromatic rings. The first kappa shape index (κ1) is 12.1. The SMILES string of the molecule is O=C(Nc1ccc2n[nH]nc2c1)[C@H]1CCCc2[nH]ncc21. The normalized spacial score (nSPS) is 17.6. The molecule has 1 aliphatic carbocycles. The Morgan fingerprint density at radius 2 is 2.19 bits per heavy atom. The average Bonchev–Trinajstić information content (AvgIpc) is 3.14. The van der Waals surface area contributed by atoms with Crippen LogP contribution in [-0.2, 0) is 11.2 Å². The summed E-state index contributed by atoms with van der Waals surface area (Å²) in [5.41, 5.74) is 4.34. The Balaban J connectivity index is 1.58. The van der Waals surface area contributed by atoms with E-state index in [4.69, 9.17) is 0 Å². The first-order valence-electron chi connectivity index (χ1n) is 6.95. The third kappa shape index (κ3) is 2.06. The van der Waals surface area contributed by atoms with Gasteiger partial charge in [-0.15, -0.1) is 0 Å². The summed E-state index contributed by atoms with van der Waals surface area (Å²) in [7, 11) is 0. The minimum atomic E-state index is -0.138. The van der Waals surface area contributed by atoms with Crippen LogP contribution in [0, 0.1) is 0 Å². The molecule has 106 valence electrons. The molecule has 1 aromatic carbocycles. The van der Waals surface area contributed by atoms with Crippen molar-refractivity contribution in [1.29, 1.82) is 0 Å². The fourth-order valence-corrected chi connectivity index (χ4v) is 2.88. The molecular formula is C14H14N6O. The Kier molecular flexibility index (Phi) is 2.70. The largest absolute Gasteiger partial charge is 0.325 e. The summed E-state index contributed by atoms with van der Waals surface area (Å²) in [5, 5.41) is 20.6. The molecule has 0 saturated carbocycles. The first-order valence-corrected chi connectivity index (χ1v) is 6.95. The zero-order valence-corrected chi connectivity index (χ0v) is 11.3. The van der Waals surface area contributed by atoms with Crippen molar-refractivity contribution < 1.29 is 4.79 Å². The molecule has 1 amide bonds. The van der Waals surface area contributed by atoms with Crippen molar-refractivity contribution in [2.45, 2.75) is 25.2 Å². The van der Waals surface area contributed by atoms with Crippen LogP contribution in [0.1, 0.15) is 30.0 Å². The van der Waals surface area contributed by atoms with Crippen LogP contribution in [0.3, 0.4) is 0 Å². The average molecular weight is 282 g/mol. The van der Waals surface area contributed by atoms with Gasteiger partial charge in [0.15, 0.2) is 0 Å². The highest BCUT2D eigenvalue weighted by molar-refractivity contribution is 5.97. The Labute approximate surface area is 120 Å². The van der Waals surface area contributed by atoms with Gasteiger partial charge in [-0.2, -0.15) is 20.5 Å². The number of aryl methyl sites for hydroxylation is 1. The van der Waals surface area contributed by atoms with Crippen LogP contribution in [0.25, 0.3) is 11.0 Å². The van der Waals surface area contributed by atoms with Gasteiger partial charge < -0.3 is 5.32 Å². The summed E-state index contributed by atoms with van der Waals surface area (Å²) in [4.78, 5) is 12.5. The third-order valence-corrected chi connectivity index (χ3v) is 3.95. The molecule has 0 spiro atoms. The van der Waals surface area contributed by atoms with E-state index in [1.807, 2.05) is 18.2 Å². The number of amides is 1. The van der Waals surface area contributed by atoms with E-state index in [-0.39, 0.29) is 11.8 Å². The Bertz CT molecular complexity index is 805. The quantitative estimate of drug-likeness (QED) is 0.666. The van der Waals surface area contributed by atoms with Crippen molar-refractivity contribution in [3.8, 4) is 0 Å². The molecule has 0 unspecified atom stereocenters. The number of anilines is 1. The summed E-state index contributed by atoms with van der Waals surface area (Å²) < 4.78 is 0. The Morgan fingerprint density at radius 1 is 1.29 bits per heavy atom. The van der Waals surface area contributed by atoms with E-state index in [1.54, 1.807) is 6.20 Å². The number of carbonyl (C=O) groups excluding carboxylic acids is 1. The zero-order valence-electron chi connectivity index (χ0n) is 11.3. The number of aromatic amines is 2. The molecule has 0 saturated heterocycles. The van der Waals surface area contributed by atoms with E-state index in [9.17, 15) is 4.79 Å². The van der Waals surface area contributed by atoms with Gasteiger partial charge in [-0.1, -0.05) is 0 Å². The van der Waals surface area contributed by atoms with Crippen molar-refractivity contribution in [2.24, 2.45) is 0 Å². The number of rotatable bonds is 2. The molecule has 2 aromatic heterocycles. The number of carbonyl (C=O) groups is 1. The van der Waals surface area contributed by atoms with Gasteiger partial charge in [0.05, 0.1) is 12.1 Å². The van der Waals surface area contributed by atoms with Crippen LogP contribution in [0.5, 0.6) is 0 Å². The fraction of sp³-hybridized carbons (Fsp3) is 0.286. The molecule has 2 heterocycles. The van der Waals surface area contributed by atoms with Gasteiger partial charge >= 0.3 is 0 Å². The summed E-state index contributed by atoms with van der Waals surface area (Å²) >= 11 is 0. The van der Waals surface area contributed by atoms with Crippen molar-refractivity contribution in [2.75, 3.05) is 5.32 Å². The number of benzene rings is 1. The fourth-order valence-electron chi connectivity index (χ4n) is 2.88. The highest BCUT2D eigenvalue weighted by atomic mass is 16.1. The maximum absolute atomic E-state index is 12.5. The Hall–Kier alpha value is -2.70. The lowest BCUT2D eigenvalue weighted by molar-refractivity contribution is -0.117. The standard InChI is InChI=1S/C14H14N6O/c21-14(9-2-1-3-11-10(9)7-15-17-11)16-8-4-5-12-13(6-8)19-20-18-12/h4-7,9H,1-3H2,(H,15,17)(H,16,21)(H,18,19,20)/t9-/m0/s1. The molecule has 0 radical (unpaired) electrons. The van der Waals surface area contributed by atoms with E-state index in [1.165, 1.54) is 0 Å². The van der Waals surface area contributed by atoms with Gasteiger partial charge in [-0.3, -0.25) is 9.89 Å².